The first kappa shape index (κ1) is 22.8. The predicted octanol–water partition coefficient (Wildman–Crippen LogP) is 5.74. The number of rotatable bonds is 7. The van der Waals surface area contributed by atoms with E-state index in [0.29, 0.717) is 11.8 Å². The molecule has 2 fully saturated rings. The normalized spacial score (nSPS) is 29.7. The second kappa shape index (κ2) is 9.98. The Balaban J connectivity index is 1.58. The lowest BCUT2D eigenvalue weighted by Crippen LogP contribution is -2.40. The van der Waals surface area contributed by atoms with Gasteiger partial charge in [-0.05, 0) is 106 Å². The van der Waals surface area contributed by atoms with Crippen molar-refractivity contribution in [1.82, 2.24) is 0 Å². The summed E-state index contributed by atoms with van der Waals surface area (Å²) in [5, 5.41) is 9.54. The Morgan fingerprint density at radius 2 is 2.00 bits per heavy atom. The summed E-state index contributed by atoms with van der Waals surface area (Å²) < 4.78 is 5.76. The maximum atomic E-state index is 9.54. The molecule has 0 heterocycles. The first-order valence-corrected chi connectivity index (χ1v) is 11.5. The lowest BCUT2D eigenvalue weighted by molar-refractivity contribution is 0.197. The van der Waals surface area contributed by atoms with E-state index in [-0.39, 0.29) is 12.7 Å². The standard InChI is InChI=1S/C27H39NO2/c1-5-23-16-22(15-21-7-10-26(11-8-21)30-19(2)3)6-9-24(23)14-20(4)25-12-13-27(28,17-25)18-29/h5,7-8,10-11,14,19,22,25,29H,4,6,9,12-13,15-18,28H2,1-3H3/b23-5-,24-14-/t22-,25-,27+/m0/s1. The molecule has 30 heavy (non-hydrogen) atoms. The van der Waals surface area contributed by atoms with Crippen molar-refractivity contribution in [2.75, 3.05) is 6.61 Å². The van der Waals surface area contributed by atoms with Crippen molar-refractivity contribution in [2.24, 2.45) is 17.6 Å². The second-order valence-electron chi connectivity index (χ2n) is 9.64. The van der Waals surface area contributed by atoms with Crippen LogP contribution in [0.3, 0.4) is 0 Å². The van der Waals surface area contributed by atoms with Crippen LogP contribution in [0, 0.1) is 11.8 Å². The molecule has 1 aromatic rings. The van der Waals surface area contributed by atoms with Crippen molar-refractivity contribution in [3.8, 4) is 5.75 Å². The number of hydrogen-bond acceptors (Lipinski definition) is 3. The fourth-order valence-electron chi connectivity index (χ4n) is 4.97. The van der Waals surface area contributed by atoms with Gasteiger partial charge in [0.1, 0.15) is 5.75 Å². The van der Waals surface area contributed by atoms with Crippen molar-refractivity contribution in [3.63, 3.8) is 0 Å². The van der Waals surface area contributed by atoms with E-state index in [0.717, 1.165) is 44.3 Å². The summed E-state index contributed by atoms with van der Waals surface area (Å²) in [5.41, 5.74) is 11.3. The molecule has 0 unspecified atom stereocenters. The van der Waals surface area contributed by atoms with Crippen LogP contribution in [-0.4, -0.2) is 23.4 Å². The van der Waals surface area contributed by atoms with Gasteiger partial charge >= 0.3 is 0 Å². The lowest BCUT2D eigenvalue weighted by atomic mass is 9.78. The molecule has 0 aromatic heterocycles. The average Bonchev–Trinajstić information content (AvgIpc) is 3.13. The number of aliphatic hydroxyl groups is 1. The average molecular weight is 410 g/mol. The van der Waals surface area contributed by atoms with Gasteiger partial charge in [-0.1, -0.05) is 36.4 Å². The third kappa shape index (κ3) is 5.86. The summed E-state index contributed by atoms with van der Waals surface area (Å²) in [5.74, 6) is 2.03. The molecule has 0 spiro atoms. The highest BCUT2D eigenvalue weighted by atomic mass is 16.5. The zero-order valence-electron chi connectivity index (χ0n) is 19.0. The molecule has 0 amide bonds. The second-order valence-corrected chi connectivity index (χ2v) is 9.64. The van der Waals surface area contributed by atoms with Crippen LogP contribution in [0.4, 0.5) is 0 Å². The van der Waals surface area contributed by atoms with E-state index < -0.39 is 5.54 Å². The quantitative estimate of drug-likeness (QED) is 0.604. The topological polar surface area (TPSA) is 55.5 Å². The monoisotopic (exact) mass is 409 g/mol. The van der Waals surface area contributed by atoms with Gasteiger partial charge in [0.25, 0.3) is 0 Å². The van der Waals surface area contributed by atoms with Gasteiger partial charge in [-0.25, -0.2) is 0 Å². The fraction of sp³-hybridized carbons (Fsp3) is 0.556. The number of benzene rings is 1. The van der Waals surface area contributed by atoms with Crippen molar-refractivity contribution >= 4 is 0 Å². The van der Waals surface area contributed by atoms with Crippen LogP contribution in [-0.2, 0) is 6.42 Å². The van der Waals surface area contributed by atoms with Crippen molar-refractivity contribution < 1.29 is 9.84 Å². The Labute approximate surface area is 182 Å². The van der Waals surface area contributed by atoms with Crippen LogP contribution in [0.2, 0.25) is 0 Å². The van der Waals surface area contributed by atoms with E-state index in [1.165, 1.54) is 28.7 Å². The van der Waals surface area contributed by atoms with Gasteiger partial charge in [0.2, 0.25) is 0 Å². The van der Waals surface area contributed by atoms with Crippen LogP contribution in [0.15, 0.2) is 59.7 Å². The summed E-state index contributed by atoms with van der Waals surface area (Å²) in [4.78, 5) is 0. The molecule has 3 heteroatoms. The summed E-state index contributed by atoms with van der Waals surface area (Å²) in [6, 6.07) is 8.60. The Hall–Kier alpha value is -1.84. The first-order chi connectivity index (χ1) is 14.3. The highest BCUT2D eigenvalue weighted by Crippen LogP contribution is 2.40. The Morgan fingerprint density at radius 3 is 2.60 bits per heavy atom. The summed E-state index contributed by atoms with van der Waals surface area (Å²) in [6.07, 6.45) is 12.1. The van der Waals surface area contributed by atoms with Gasteiger partial charge in [0.05, 0.1) is 12.7 Å². The van der Waals surface area contributed by atoms with Crippen LogP contribution in [0.5, 0.6) is 5.75 Å². The SMILES string of the molecule is C=C(/C=C1/CC[C@@H](Cc2ccc(OC(C)C)cc2)C/C1=C/C)[C@H]1CC[C@](N)(CO)C1. The van der Waals surface area contributed by atoms with Crippen molar-refractivity contribution in [2.45, 2.75) is 77.4 Å². The molecule has 0 aliphatic heterocycles. The molecule has 1 aromatic carbocycles. The number of nitrogens with two attached hydrogens (primary N) is 1. The van der Waals surface area contributed by atoms with Crippen molar-refractivity contribution in [3.05, 3.63) is 65.3 Å². The summed E-state index contributed by atoms with van der Waals surface area (Å²) >= 11 is 0. The smallest absolute Gasteiger partial charge is 0.119 e. The van der Waals surface area contributed by atoms with Gasteiger partial charge in [-0.3, -0.25) is 0 Å². The van der Waals surface area contributed by atoms with Gasteiger partial charge in [-0.2, -0.15) is 0 Å². The van der Waals surface area contributed by atoms with E-state index >= 15 is 0 Å². The molecule has 0 radical (unpaired) electrons. The van der Waals surface area contributed by atoms with Crippen molar-refractivity contribution in [1.29, 1.82) is 0 Å². The highest BCUT2D eigenvalue weighted by Gasteiger charge is 2.36. The van der Waals surface area contributed by atoms with Crippen LogP contribution in [0.1, 0.15) is 64.9 Å². The van der Waals surface area contributed by atoms with E-state index in [1.54, 1.807) is 0 Å². The minimum atomic E-state index is -0.414. The predicted molar refractivity (Wildman–Crippen MR) is 126 cm³/mol. The highest BCUT2D eigenvalue weighted by molar-refractivity contribution is 5.39. The van der Waals surface area contributed by atoms with E-state index in [2.05, 4.69) is 63.8 Å². The largest absolute Gasteiger partial charge is 0.491 e. The number of ether oxygens (including phenoxy) is 1. The molecule has 3 nitrogen and oxygen atoms in total. The molecule has 0 saturated heterocycles. The van der Waals surface area contributed by atoms with E-state index in [9.17, 15) is 5.11 Å². The summed E-state index contributed by atoms with van der Waals surface area (Å²) in [6.45, 7) is 10.7. The van der Waals surface area contributed by atoms with E-state index in [1.807, 2.05) is 0 Å². The van der Waals surface area contributed by atoms with Gasteiger partial charge in [0.15, 0.2) is 0 Å². The zero-order chi connectivity index (χ0) is 21.7. The molecule has 3 atom stereocenters. The molecule has 0 bridgehead atoms. The minimum Gasteiger partial charge on any atom is -0.491 e. The molecular weight excluding hydrogens is 370 g/mol. The number of aliphatic hydroxyl groups excluding tert-OH is 1. The third-order valence-corrected chi connectivity index (χ3v) is 6.75. The molecule has 3 N–H and O–H groups in total. The van der Waals surface area contributed by atoms with Crippen LogP contribution in [0.25, 0.3) is 0 Å². The van der Waals surface area contributed by atoms with E-state index in [4.69, 9.17) is 10.5 Å². The Kier molecular flexibility index (Phi) is 7.60. The Morgan fingerprint density at radius 1 is 1.27 bits per heavy atom. The maximum Gasteiger partial charge on any atom is 0.119 e. The van der Waals surface area contributed by atoms with Gasteiger partial charge in [0, 0.05) is 5.54 Å². The lowest BCUT2D eigenvalue weighted by Gasteiger charge is -2.28. The minimum absolute atomic E-state index is 0.0692. The number of hydrogen-bond donors (Lipinski definition) is 2. The molecule has 164 valence electrons. The van der Waals surface area contributed by atoms with Crippen LogP contribution >= 0.6 is 0 Å². The van der Waals surface area contributed by atoms with Gasteiger partial charge in [-0.15, -0.1) is 0 Å². The van der Waals surface area contributed by atoms with Gasteiger partial charge < -0.3 is 15.6 Å². The molecule has 2 aliphatic carbocycles. The Bertz CT molecular complexity index is 790. The maximum absolute atomic E-state index is 9.54. The zero-order valence-corrected chi connectivity index (χ0v) is 19.0. The summed E-state index contributed by atoms with van der Waals surface area (Å²) in [7, 11) is 0. The molecule has 2 saturated carbocycles. The molecular formula is C27H39NO2. The fourth-order valence-corrected chi connectivity index (χ4v) is 4.97. The molecule has 3 rings (SSSR count). The number of allylic oxidation sites excluding steroid dienone is 5. The molecule has 2 aliphatic rings. The first-order valence-electron chi connectivity index (χ1n) is 11.5. The van der Waals surface area contributed by atoms with Crippen LogP contribution < -0.4 is 10.5 Å². The third-order valence-electron chi connectivity index (χ3n) is 6.75.